The van der Waals surface area contributed by atoms with Crippen molar-refractivity contribution in [1.29, 1.82) is 0 Å². The molecule has 34 heavy (non-hydrogen) atoms. The molecule has 9 heteroatoms. The van der Waals surface area contributed by atoms with E-state index in [4.69, 9.17) is 9.47 Å². The lowest BCUT2D eigenvalue weighted by molar-refractivity contribution is -0.144. The molecule has 1 aliphatic rings. The van der Waals surface area contributed by atoms with Crippen molar-refractivity contribution in [3.8, 4) is 0 Å². The highest BCUT2D eigenvalue weighted by molar-refractivity contribution is 5.88. The second kappa shape index (κ2) is 11.4. The minimum absolute atomic E-state index is 0.172. The second-order valence-electron chi connectivity index (χ2n) is 9.59. The Kier molecular flexibility index (Phi) is 8.55. The van der Waals surface area contributed by atoms with Gasteiger partial charge >= 0.3 is 12.1 Å². The van der Waals surface area contributed by atoms with E-state index in [9.17, 15) is 14.4 Å². The third-order valence-electron chi connectivity index (χ3n) is 5.71. The molecular weight excluding hydrogens is 436 g/mol. The number of amides is 2. The lowest BCUT2D eigenvalue weighted by Crippen LogP contribution is -2.58. The van der Waals surface area contributed by atoms with Crippen LogP contribution in [0.2, 0.25) is 0 Å². The van der Waals surface area contributed by atoms with Gasteiger partial charge in [0.2, 0.25) is 5.91 Å². The van der Waals surface area contributed by atoms with Crippen molar-refractivity contribution in [1.82, 2.24) is 20.9 Å². The number of aromatic nitrogens is 1. The maximum atomic E-state index is 13.4. The number of ether oxygens (including phenoxy) is 2. The van der Waals surface area contributed by atoms with E-state index in [1.807, 2.05) is 30.5 Å². The molecule has 1 aliphatic heterocycles. The molecule has 0 aliphatic carbocycles. The largest absolute Gasteiger partial charge is 0.466 e. The SMILES string of the molecule is CCOC(=O)C[C@H]1NCCC[C@@H]1NC(=O)[C@H](Cc1c[nH]c2ccccc12)NC(=O)OC(C)(C)C. The number of esters is 1. The first-order chi connectivity index (χ1) is 16.2. The fourth-order valence-corrected chi connectivity index (χ4v) is 4.20. The molecule has 0 unspecified atom stereocenters. The summed E-state index contributed by atoms with van der Waals surface area (Å²) in [6, 6.07) is 6.48. The van der Waals surface area contributed by atoms with Gasteiger partial charge in [-0.05, 0) is 58.7 Å². The van der Waals surface area contributed by atoms with Crippen molar-refractivity contribution in [3.05, 3.63) is 36.0 Å². The molecule has 3 rings (SSSR count). The van der Waals surface area contributed by atoms with E-state index in [1.54, 1.807) is 27.7 Å². The molecule has 2 amide bonds. The van der Waals surface area contributed by atoms with Crippen molar-refractivity contribution in [2.45, 2.75) is 77.1 Å². The summed E-state index contributed by atoms with van der Waals surface area (Å²) in [5, 5.41) is 10.1. The molecule has 0 bridgehead atoms. The van der Waals surface area contributed by atoms with Crippen LogP contribution in [0.1, 0.15) is 52.5 Å². The predicted molar refractivity (Wildman–Crippen MR) is 129 cm³/mol. The summed E-state index contributed by atoms with van der Waals surface area (Å²) in [5.41, 5.74) is 1.18. The molecule has 1 aromatic heterocycles. The summed E-state index contributed by atoms with van der Waals surface area (Å²) in [7, 11) is 0. The van der Waals surface area contributed by atoms with E-state index in [1.165, 1.54) is 0 Å². The van der Waals surface area contributed by atoms with Crippen LogP contribution >= 0.6 is 0 Å². The highest BCUT2D eigenvalue weighted by Crippen LogP contribution is 2.20. The minimum atomic E-state index is -0.848. The number of H-pyrrole nitrogens is 1. The van der Waals surface area contributed by atoms with Crippen LogP contribution in [0.4, 0.5) is 4.79 Å². The Labute approximate surface area is 200 Å². The minimum Gasteiger partial charge on any atom is -0.466 e. The van der Waals surface area contributed by atoms with Gasteiger partial charge in [-0.25, -0.2) is 4.79 Å². The Morgan fingerprint density at radius 3 is 2.71 bits per heavy atom. The first kappa shape index (κ1) is 25.6. The molecule has 4 N–H and O–H groups in total. The monoisotopic (exact) mass is 472 g/mol. The Bertz CT molecular complexity index is 997. The lowest BCUT2D eigenvalue weighted by atomic mass is 9.95. The number of carbonyl (C=O) groups is 3. The quantitative estimate of drug-likeness (QED) is 0.439. The summed E-state index contributed by atoms with van der Waals surface area (Å²) in [5.74, 6) is -0.623. The lowest BCUT2D eigenvalue weighted by Gasteiger charge is -2.34. The predicted octanol–water partition coefficient (Wildman–Crippen LogP) is 2.79. The smallest absolute Gasteiger partial charge is 0.408 e. The number of hydrogen-bond acceptors (Lipinski definition) is 6. The van der Waals surface area contributed by atoms with E-state index in [-0.39, 0.29) is 36.8 Å². The number of benzene rings is 1. The highest BCUT2D eigenvalue weighted by atomic mass is 16.6. The molecule has 3 atom stereocenters. The Morgan fingerprint density at radius 2 is 1.97 bits per heavy atom. The number of nitrogens with one attached hydrogen (secondary N) is 4. The van der Waals surface area contributed by atoms with Crippen molar-refractivity contribution in [2.24, 2.45) is 0 Å². The van der Waals surface area contributed by atoms with Gasteiger partial charge in [-0.2, -0.15) is 0 Å². The first-order valence-corrected chi connectivity index (χ1v) is 11.9. The molecule has 9 nitrogen and oxygen atoms in total. The van der Waals surface area contributed by atoms with Gasteiger partial charge in [0.25, 0.3) is 0 Å². The molecule has 1 saturated heterocycles. The molecule has 0 saturated carbocycles. The zero-order valence-electron chi connectivity index (χ0n) is 20.4. The second-order valence-corrected chi connectivity index (χ2v) is 9.59. The number of hydrogen-bond donors (Lipinski definition) is 4. The van der Waals surface area contributed by atoms with Crippen LogP contribution in [0.3, 0.4) is 0 Å². The number of piperidine rings is 1. The van der Waals surface area contributed by atoms with E-state index in [0.29, 0.717) is 6.61 Å². The maximum Gasteiger partial charge on any atom is 0.408 e. The topological polar surface area (TPSA) is 122 Å². The van der Waals surface area contributed by atoms with Gasteiger partial charge < -0.3 is 30.4 Å². The Morgan fingerprint density at radius 1 is 1.21 bits per heavy atom. The summed E-state index contributed by atoms with van der Waals surface area (Å²) >= 11 is 0. The van der Waals surface area contributed by atoms with Crippen molar-refractivity contribution >= 4 is 28.9 Å². The summed E-state index contributed by atoms with van der Waals surface area (Å²) < 4.78 is 10.5. The Hall–Kier alpha value is -3.07. The standard InChI is InChI=1S/C25H36N4O5/c1-5-33-22(30)14-20-19(11-8-12-26-20)28-23(31)21(29-24(32)34-25(2,3)4)13-16-15-27-18-10-7-6-9-17(16)18/h6-7,9-10,15,19-21,26-27H,5,8,11-14H2,1-4H3,(H,28,31)(H,29,32)/t19-,20+,21-/m0/s1. The van der Waals surface area contributed by atoms with E-state index < -0.39 is 17.7 Å². The fraction of sp³-hybridized carbons (Fsp3) is 0.560. The molecule has 2 heterocycles. The highest BCUT2D eigenvalue weighted by Gasteiger charge is 2.32. The molecule has 2 aromatic rings. The van der Waals surface area contributed by atoms with Crippen LogP contribution in [0, 0.1) is 0 Å². The van der Waals surface area contributed by atoms with Crippen molar-refractivity contribution in [3.63, 3.8) is 0 Å². The molecule has 1 fully saturated rings. The van der Waals surface area contributed by atoms with Crippen LogP contribution < -0.4 is 16.0 Å². The van der Waals surface area contributed by atoms with Gasteiger partial charge in [0.15, 0.2) is 0 Å². The number of carbonyl (C=O) groups excluding carboxylic acids is 3. The van der Waals surface area contributed by atoms with Gasteiger partial charge in [-0.15, -0.1) is 0 Å². The number of rotatable bonds is 8. The van der Waals surface area contributed by atoms with Gasteiger partial charge in [0.1, 0.15) is 11.6 Å². The molecule has 186 valence electrons. The normalized spacial score (nSPS) is 19.3. The zero-order valence-corrected chi connectivity index (χ0v) is 20.4. The van der Waals surface area contributed by atoms with Gasteiger partial charge in [0.05, 0.1) is 13.0 Å². The third-order valence-corrected chi connectivity index (χ3v) is 5.71. The average Bonchev–Trinajstić information content (AvgIpc) is 3.16. The Balaban J connectivity index is 1.76. The number of para-hydroxylation sites is 1. The van der Waals surface area contributed by atoms with Gasteiger partial charge in [-0.1, -0.05) is 18.2 Å². The van der Waals surface area contributed by atoms with Crippen LogP contribution in [0.15, 0.2) is 30.5 Å². The van der Waals surface area contributed by atoms with Crippen LogP contribution in [-0.4, -0.2) is 59.8 Å². The van der Waals surface area contributed by atoms with Gasteiger partial charge in [0, 0.05) is 35.6 Å². The summed E-state index contributed by atoms with van der Waals surface area (Å²) in [4.78, 5) is 41.2. The zero-order chi connectivity index (χ0) is 24.7. The number of aromatic amines is 1. The van der Waals surface area contributed by atoms with Crippen LogP contribution in [0.25, 0.3) is 10.9 Å². The number of fused-ring (bicyclic) bond motifs is 1. The molecule has 1 aromatic carbocycles. The maximum absolute atomic E-state index is 13.4. The third kappa shape index (κ3) is 7.21. The van der Waals surface area contributed by atoms with Crippen molar-refractivity contribution in [2.75, 3.05) is 13.2 Å². The van der Waals surface area contributed by atoms with Crippen LogP contribution in [0.5, 0.6) is 0 Å². The van der Waals surface area contributed by atoms with Crippen molar-refractivity contribution < 1.29 is 23.9 Å². The molecule has 0 spiro atoms. The molecular formula is C25H36N4O5. The molecule has 0 radical (unpaired) electrons. The number of alkyl carbamates (subject to hydrolysis) is 1. The first-order valence-electron chi connectivity index (χ1n) is 11.9. The average molecular weight is 473 g/mol. The summed E-state index contributed by atoms with van der Waals surface area (Å²) in [6.45, 7) is 8.17. The van der Waals surface area contributed by atoms with Crippen LogP contribution in [-0.2, 0) is 25.5 Å². The van der Waals surface area contributed by atoms with E-state index >= 15 is 0 Å². The fourth-order valence-electron chi connectivity index (χ4n) is 4.20. The van der Waals surface area contributed by atoms with Gasteiger partial charge in [-0.3, -0.25) is 9.59 Å². The van der Waals surface area contributed by atoms with E-state index in [2.05, 4.69) is 20.9 Å². The van der Waals surface area contributed by atoms with E-state index in [0.717, 1.165) is 35.9 Å². The summed E-state index contributed by atoms with van der Waals surface area (Å²) in [6.07, 6.45) is 3.26.